The molecular formula is C25H19NO3. The van der Waals surface area contributed by atoms with Crippen LogP contribution in [0.4, 0.5) is 5.69 Å². The number of anilines is 1. The Morgan fingerprint density at radius 2 is 1.76 bits per heavy atom. The lowest BCUT2D eigenvalue weighted by Gasteiger charge is -2.06. The first-order valence-electron chi connectivity index (χ1n) is 9.27. The Bertz CT molecular complexity index is 1270. The Hall–Kier alpha value is -3.92. The van der Waals surface area contributed by atoms with Gasteiger partial charge in [-0.15, -0.1) is 0 Å². The van der Waals surface area contributed by atoms with E-state index in [9.17, 15) is 9.59 Å². The van der Waals surface area contributed by atoms with Crippen LogP contribution in [0.1, 0.15) is 11.1 Å². The first kappa shape index (κ1) is 18.4. The van der Waals surface area contributed by atoms with Gasteiger partial charge in [-0.25, -0.2) is 0 Å². The number of rotatable bonds is 4. The highest BCUT2D eigenvalue weighted by Crippen LogP contribution is 2.24. The van der Waals surface area contributed by atoms with Crippen LogP contribution < -0.4 is 10.7 Å². The van der Waals surface area contributed by atoms with Gasteiger partial charge in [-0.1, -0.05) is 54.1 Å². The number of aryl methyl sites for hydroxylation is 1. The van der Waals surface area contributed by atoms with Gasteiger partial charge in [0.25, 0.3) is 0 Å². The second-order valence-corrected chi connectivity index (χ2v) is 6.79. The van der Waals surface area contributed by atoms with Crippen molar-refractivity contribution in [2.24, 2.45) is 0 Å². The molecule has 0 aliphatic carbocycles. The number of hydrogen-bond donors (Lipinski definition) is 1. The van der Waals surface area contributed by atoms with Gasteiger partial charge < -0.3 is 9.73 Å². The van der Waals surface area contributed by atoms with Crippen molar-refractivity contribution in [1.82, 2.24) is 0 Å². The Morgan fingerprint density at radius 3 is 2.55 bits per heavy atom. The summed E-state index contributed by atoms with van der Waals surface area (Å²) < 4.78 is 5.92. The van der Waals surface area contributed by atoms with Crippen LogP contribution in [0, 0.1) is 6.92 Å². The maximum atomic E-state index is 12.6. The normalized spacial score (nSPS) is 11.1. The molecule has 4 rings (SSSR count). The van der Waals surface area contributed by atoms with Crippen LogP contribution in [0.25, 0.3) is 28.4 Å². The quantitative estimate of drug-likeness (QED) is 0.480. The van der Waals surface area contributed by atoms with E-state index in [1.54, 1.807) is 24.3 Å². The fraction of sp³-hybridized carbons (Fsp3) is 0.0400. The van der Waals surface area contributed by atoms with Gasteiger partial charge in [-0.3, -0.25) is 9.59 Å². The summed E-state index contributed by atoms with van der Waals surface area (Å²) in [7, 11) is 0. The molecule has 0 bridgehead atoms. The van der Waals surface area contributed by atoms with Crippen LogP contribution in [0.2, 0.25) is 0 Å². The first-order valence-corrected chi connectivity index (χ1v) is 9.27. The van der Waals surface area contributed by atoms with Gasteiger partial charge in [0.15, 0.2) is 5.43 Å². The largest absolute Gasteiger partial charge is 0.456 e. The SMILES string of the molecule is Cc1cccc(-c2cc(=O)c3cc(NC(=O)C=Cc4ccccc4)ccc3o2)c1. The Labute approximate surface area is 168 Å². The van der Waals surface area contributed by atoms with Crippen LogP contribution in [-0.4, -0.2) is 5.91 Å². The number of nitrogens with one attached hydrogen (secondary N) is 1. The van der Waals surface area contributed by atoms with E-state index in [2.05, 4.69) is 5.32 Å². The lowest BCUT2D eigenvalue weighted by atomic mass is 10.1. The van der Waals surface area contributed by atoms with Crippen molar-refractivity contribution in [2.75, 3.05) is 5.32 Å². The molecule has 1 amide bonds. The molecule has 0 spiro atoms. The molecule has 0 aliphatic rings. The molecule has 0 unspecified atom stereocenters. The standard InChI is InChI=1S/C25H19NO3/c1-17-6-5-9-19(14-17)24-16-22(27)21-15-20(11-12-23(21)29-24)26-25(28)13-10-18-7-3-2-4-8-18/h2-16H,1H3,(H,26,28). The summed E-state index contributed by atoms with van der Waals surface area (Å²) >= 11 is 0. The third kappa shape index (κ3) is 4.33. The van der Waals surface area contributed by atoms with Crippen molar-refractivity contribution in [1.29, 1.82) is 0 Å². The fourth-order valence-electron chi connectivity index (χ4n) is 3.09. The predicted octanol–water partition coefficient (Wildman–Crippen LogP) is 5.42. The summed E-state index contributed by atoms with van der Waals surface area (Å²) in [5.41, 5.74) is 3.74. The summed E-state index contributed by atoms with van der Waals surface area (Å²) in [6.45, 7) is 1.99. The van der Waals surface area contributed by atoms with Crippen LogP contribution in [0.15, 0.2) is 94.2 Å². The van der Waals surface area contributed by atoms with Gasteiger partial charge >= 0.3 is 0 Å². The molecule has 3 aromatic carbocycles. The number of carbonyl (C=O) groups excluding carboxylic acids is 1. The maximum Gasteiger partial charge on any atom is 0.248 e. The molecule has 0 saturated heterocycles. The topological polar surface area (TPSA) is 59.3 Å². The lowest BCUT2D eigenvalue weighted by molar-refractivity contribution is -0.111. The van der Waals surface area contributed by atoms with Crippen LogP contribution in [0.5, 0.6) is 0 Å². The van der Waals surface area contributed by atoms with Crippen molar-refractivity contribution in [3.63, 3.8) is 0 Å². The number of benzene rings is 3. The van der Waals surface area contributed by atoms with E-state index in [1.807, 2.05) is 61.5 Å². The van der Waals surface area contributed by atoms with Crippen LogP contribution in [-0.2, 0) is 4.79 Å². The molecule has 142 valence electrons. The monoisotopic (exact) mass is 381 g/mol. The number of carbonyl (C=O) groups is 1. The minimum absolute atomic E-state index is 0.154. The molecule has 4 nitrogen and oxygen atoms in total. The van der Waals surface area contributed by atoms with Crippen molar-refractivity contribution >= 4 is 28.6 Å². The fourth-order valence-corrected chi connectivity index (χ4v) is 3.09. The molecule has 4 aromatic rings. The molecule has 1 heterocycles. The summed E-state index contributed by atoms with van der Waals surface area (Å²) in [4.78, 5) is 24.8. The van der Waals surface area contributed by atoms with Crippen molar-refractivity contribution in [2.45, 2.75) is 6.92 Å². The zero-order valence-electron chi connectivity index (χ0n) is 15.9. The molecule has 0 aliphatic heterocycles. The highest BCUT2D eigenvalue weighted by Gasteiger charge is 2.09. The lowest BCUT2D eigenvalue weighted by Crippen LogP contribution is -2.08. The zero-order valence-corrected chi connectivity index (χ0v) is 15.9. The smallest absolute Gasteiger partial charge is 0.248 e. The average molecular weight is 381 g/mol. The molecule has 1 aromatic heterocycles. The average Bonchev–Trinajstić information content (AvgIpc) is 2.73. The number of hydrogen-bond acceptors (Lipinski definition) is 3. The molecule has 0 fully saturated rings. The van der Waals surface area contributed by atoms with Crippen LogP contribution in [0.3, 0.4) is 0 Å². The molecule has 29 heavy (non-hydrogen) atoms. The van der Waals surface area contributed by atoms with Crippen LogP contribution >= 0.6 is 0 Å². The minimum Gasteiger partial charge on any atom is -0.456 e. The summed E-state index contributed by atoms with van der Waals surface area (Å²) in [5, 5.41) is 3.20. The molecular weight excluding hydrogens is 362 g/mol. The molecule has 4 heteroatoms. The Kier molecular flexibility index (Phi) is 5.08. The van der Waals surface area contributed by atoms with Gasteiger partial charge in [0.05, 0.1) is 5.39 Å². The van der Waals surface area contributed by atoms with Crippen molar-refractivity contribution in [3.05, 3.63) is 106 Å². The third-order valence-corrected chi connectivity index (χ3v) is 4.52. The van der Waals surface area contributed by atoms with E-state index in [-0.39, 0.29) is 11.3 Å². The summed E-state index contributed by atoms with van der Waals surface area (Å²) in [5.74, 6) is 0.253. The Balaban J connectivity index is 1.59. The van der Waals surface area contributed by atoms with E-state index in [4.69, 9.17) is 4.42 Å². The van der Waals surface area contributed by atoms with Crippen molar-refractivity contribution < 1.29 is 9.21 Å². The summed E-state index contributed by atoms with van der Waals surface area (Å²) in [6.07, 6.45) is 3.20. The van der Waals surface area contributed by atoms with Gasteiger partial charge in [-0.05, 0) is 42.8 Å². The predicted molar refractivity (Wildman–Crippen MR) is 117 cm³/mol. The van der Waals surface area contributed by atoms with Gasteiger partial charge in [0, 0.05) is 23.4 Å². The van der Waals surface area contributed by atoms with E-state index >= 15 is 0 Å². The molecule has 0 atom stereocenters. The third-order valence-electron chi connectivity index (χ3n) is 4.52. The van der Waals surface area contributed by atoms with Gasteiger partial charge in [-0.2, -0.15) is 0 Å². The highest BCUT2D eigenvalue weighted by atomic mass is 16.3. The number of fused-ring (bicyclic) bond motifs is 1. The maximum absolute atomic E-state index is 12.6. The molecule has 0 radical (unpaired) electrons. The molecule has 0 saturated carbocycles. The summed E-state index contributed by atoms with van der Waals surface area (Å²) in [6, 6.07) is 23.9. The number of amides is 1. The van der Waals surface area contributed by atoms with E-state index in [0.717, 1.165) is 16.7 Å². The molecule has 1 N–H and O–H groups in total. The minimum atomic E-state index is -0.269. The van der Waals surface area contributed by atoms with Crippen molar-refractivity contribution in [3.8, 4) is 11.3 Å². The van der Waals surface area contributed by atoms with Gasteiger partial charge in [0.1, 0.15) is 11.3 Å². The van der Waals surface area contributed by atoms with E-state index in [1.165, 1.54) is 12.1 Å². The first-order chi connectivity index (χ1) is 14.1. The van der Waals surface area contributed by atoms with E-state index in [0.29, 0.717) is 22.4 Å². The second kappa shape index (κ2) is 7.98. The zero-order chi connectivity index (χ0) is 20.2. The van der Waals surface area contributed by atoms with E-state index < -0.39 is 0 Å². The van der Waals surface area contributed by atoms with Gasteiger partial charge in [0.2, 0.25) is 5.91 Å². The second-order valence-electron chi connectivity index (χ2n) is 6.79. The Morgan fingerprint density at radius 1 is 0.931 bits per heavy atom. The highest BCUT2D eigenvalue weighted by molar-refractivity contribution is 6.02.